The number of hydrogen-bond acceptors (Lipinski definition) is 3. The highest BCUT2D eigenvalue weighted by molar-refractivity contribution is 6.29. The minimum atomic E-state index is 0.315. The van der Waals surface area contributed by atoms with E-state index in [2.05, 4.69) is 15.3 Å². The van der Waals surface area contributed by atoms with Crippen molar-refractivity contribution < 1.29 is 0 Å². The zero-order valence-corrected chi connectivity index (χ0v) is 5.10. The molecule has 0 saturated heterocycles. The molecule has 0 amide bonds. The molecule has 2 radical (unpaired) electrons. The summed E-state index contributed by atoms with van der Waals surface area (Å²) in [6.45, 7) is 0. The Balaban J connectivity index is 2.93. The van der Waals surface area contributed by atoms with Gasteiger partial charge in [0.15, 0.2) is 13.5 Å². The van der Waals surface area contributed by atoms with Gasteiger partial charge in [0, 0.05) is 6.20 Å². The summed E-state index contributed by atoms with van der Waals surface area (Å²) in [4.78, 5) is 0. The van der Waals surface area contributed by atoms with Gasteiger partial charge in [-0.25, -0.2) is 4.52 Å². The summed E-state index contributed by atoms with van der Waals surface area (Å²) in [7, 11) is 5.40. The van der Waals surface area contributed by atoms with Crippen molar-refractivity contribution in [3.8, 4) is 0 Å². The zero-order valence-electron chi connectivity index (χ0n) is 5.10. The molecular weight excluding hydrogens is 127 g/mol. The van der Waals surface area contributed by atoms with Crippen LogP contribution in [0.3, 0.4) is 0 Å². The molecule has 0 N–H and O–H groups in total. The number of aromatic nitrogens is 4. The summed E-state index contributed by atoms with van der Waals surface area (Å²) >= 11 is 0. The predicted molar refractivity (Wildman–Crippen MR) is 36.2 cm³/mol. The van der Waals surface area contributed by atoms with E-state index in [1.807, 2.05) is 0 Å². The third-order valence-electron chi connectivity index (χ3n) is 1.20. The van der Waals surface area contributed by atoms with Crippen LogP contribution in [-0.2, 0) is 0 Å². The fourth-order valence-corrected chi connectivity index (χ4v) is 0.761. The summed E-state index contributed by atoms with van der Waals surface area (Å²) < 4.78 is 1.47. The van der Waals surface area contributed by atoms with Gasteiger partial charge in [-0.15, -0.1) is 10.2 Å². The first-order chi connectivity index (χ1) is 4.88. The first-order valence-corrected chi connectivity index (χ1v) is 2.80. The van der Waals surface area contributed by atoms with Gasteiger partial charge in [-0.2, -0.15) is 5.10 Å². The maximum absolute atomic E-state index is 5.40. The van der Waals surface area contributed by atoms with Crippen molar-refractivity contribution >= 4 is 19.2 Å². The molecule has 0 bridgehead atoms. The second-order valence-corrected chi connectivity index (χ2v) is 1.85. The highest BCUT2D eigenvalue weighted by Gasteiger charge is 1.96. The molecule has 5 heteroatoms. The highest BCUT2D eigenvalue weighted by Crippen LogP contribution is 1.88. The fourth-order valence-electron chi connectivity index (χ4n) is 0.761. The van der Waals surface area contributed by atoms with Gasteiger partial charge in [0.25, 0.3) is 0 Å². The van der Waals surface area contributed by atoms with Crippen LogP contribution in [0.2, 0.25) is 0 Å². The third kappa shape index (κ3) is 0.602. The van der Waals surface area contributed by atoms with Crippen molar-refractivity contribution in [3.63, 3.8) is 0 Å². The SMILES string of the molecule is [B]c1nnc2cccnn12. The Morgan fingerprint density at radius 3 is 3.10 bits per heavy atom. The Morgan fingerprint density at radius 2 is 2.30 bits per heavy atom. The molecule has 10 heavy (non-hydrogen) atoms. The van der Waals surface area contributed by atoms with Crippen LogP contribution in [-0.4, -0.2) is 27.7 Å². The summed E-state index contributed by atoms with van der Waals surface area (Å²) in [6.07, 6.45) is 1.63. The lowest BCUT2D eigenvalue weighted by Crippen LogP contribution is -2.14. The summed E-state index contributed by atoms with van der Waals surface area (Å²) in [5.74, 6) is 0. The predicted octanol–water partition coefficient (Wildman–Crippen LogP) is -1.08. The van der Waals surface area contributed by atoms with E-state index in [0.29, 0.717) is 11.4 Å². The molecule has 4 nitrogen and oxygen atoms in total. The topological polar surface area (TPSA) is 43.1 Å². The van der Waals surface area contributed by atoms with Crippen LogP contribution >= 0.6 is 0 Å². The lowest BCUT2D eigenvalue weighted by atomic mass is 10.1. The molecule has 2 aromatic rings. The van der Waals surface area contributed by atoms with Crippen LogP contribution in [0.1, 0.15) is 0 Å². The second-order valence-electron chi connectivity index (χ2n) is 1.85. The number of nitrogens with zero attached hydrogens (tertiary/aromatic N) is 4. The molecule has 0 aromatic carbocycles. The summed E-state index contributed by atoms with van der Waals surface area (Å²) in [5, 5.41) is 11.3. The summed E-state index contributed by atoms with van der Waals surface area (Å²) in [5.41, 5.74) is 0.982. The van der Waals surface area contributed by atoms with E-state index in [-0.39, 0.29) is 0 Å². The van der Waals surface area contributed by atoms with Crippen molar-refractivity contribution in [2.24, 2.45) is 0 Å². The van der Waals surface area contributed by atoms with Crippen molar-refractivity contribution in [2.75, 3.05) is 0 Å². The quantitative estimate of drug-likeness (QED) is 0.426. The molecule has 0 atom stereocenters. The van der Waals surface area contributed by atoms with Crippen molar-refractivity contribution in [3.05, 3.63) is 18.3 Å². The van der Waals surface area contributed by atoms with Gasteiger partial charge < -0.3 is 0 Å². The molecule has 0 aliphatic heterocycles. The van der Waals surface area contributed by atoms with Crippen LogP contribution in [0.5, 0.6) is 0 Å². The van der Waals surface area contributed by atoms with Crippen molar-refractivity contribution in [1.29, 1.82) is 0 Å². The van der Waals surface area contributed by atoms with Gasteiger partial charge in [0.2, 0.25) is 0 Å². The number of fused-ring (bicyclic) bond motifs is 1. The van der Waals surface area contributed by atoms with E-state index in [1.165, 1.54) is 4.52 Å². The largest absolute Gasteiger partial charge is 0.209 e. The van der Waals surface area contributed by atoms with Gasteiger partial charge in [-0.3, -0.25) is 0 Å². The average molecular weight is 130 g/mol. The van der Waals surface area contributed by atoms with Crippen LogP contribution in [0.15, 0.2) is 18.3 Å². The van der Waals surface area contributed by atoms with E-state index >= 15 is 0 Å². The molecule has 0 aliphatic rings. The Hall–Kier alpha value is -1.39. The maximum atomic E-state index is 5.40. The standard InChI is InChI=1S/C5H3BN4/c6-5-9-8-4-2-1-3-7-10(4)5/h1-3H. The third-order valence-corrected chi connectivity index (χ3v) is 1.20. The molecule has 2 rings (SSSR count). The molecule has 0 unspecified atom stereocenters. The normalized spacial score (nSPS) is 10.4. The minimum Gasteiger partial charge on any atom is -0.209 e. The molecule has 2 aromatic heterocycles. The Morgan fingerprint density at radius 1 is 1.40 bits per heavy atom. The first kappa shape index (κ1) is 5.40. The number of hydrogen-bond donors (Lipinski definition) is 0. The van der Waals surface area contributed by atoms with Gasteiger partial charge in [-0.05, 0) is 12.1 Å². The van der Waals surface area contributed by atoms with Gasteiger partial charge in [0.1, 0.15) is 0 Å². The molecule has 0 spiro atoms. The average Bonchev–Trinajstić information content (AvgIpc) is 2.34. The maximum Gasteiger partial charge on any atom is 0.176 e. The molecule has 2 heterocycles. The van der Waals surface area contributed by atoms with Crippen LogP contribution in [0.4, 0.5) is 0 Å². The van der Waals surface area contributed by atoms with E-state index in [4.69, 9.17) is 7.85 Å². The van der Waals surface area contributed by atoms with E-state index in [9.17, 15) is 0 Å². The molecule has 0 fully saturated rings. The first-order valence-electron chi connectivity index (χ1n) is 2.80. The Labute approximate surface area is 58.3 Å². The second kappa shape index (κ2) is 1.80. The van der Waals surface area contributed by atoms with Crippen LogP contribution in [0, 0.1) is 0 Å². The van der Waals surface area contributed by atoms with Gasteiger partial charge >= 0.3 is 0 Å². The van der Waals surface area contributed by atoms with Crippen molar-refractivity contribution in [1.82, 2.24) is 19.8 Å². The Bertz CT molecular complexity index is 355. The van der Waals surface area contributed by atoms with E-state index in [0.717, 1.165) is 0 Å². The van der Waals surface area contributed by atoms with Crippen molar-refractivity contribution in [2.45, 2.75) is 0 Å². The zero-order chi connectivity index (χ0) is 6.97. The van der Waals surface area contributed by atoms with Gasteiger partial charge in [0.05, 0.1) is 5.72 Å². The van der Waals surface area contributed by atoms with Crippen LogP contribution in [0.25, 0.3) is 5.65 Å². The monoisotopic (exact) mass is 130 g/mol. The lowest BCUT2D eigenvalue weighted by Gasteiger charge is -1.88. The Kier molecular flexibility index (Phi) is 0.971. The van der Waals surface area contributed by atoms with E-state index < -0.39 is 0 Å². The highest BCUT2D eigenvalue weighted by atomic mass is 15.3. The smallest absolute Gasteiger partial charge is 0.176 e. The molecular formula is C5H3BN4. The molecule has 0 aliphatic carbocycles. The molecule has 0 saturated carbocycles. The van der Waals surface area contributed by atoms with E-state index in [1.54, 1.807) is 18.3 Å². The van der Waals surface area contributed by atoms with Gasteiger partial charge in [-0.1, -0.05) is 0 Å². The lowest BCUT2D eigenvalue weighted by molar-refractivity contribution is 0.956. The fraction of sp³-hybridized carbons (Fsp3) is 0. The van der Waals surface area contributed by atoms with Crippen LogP contribution < -0.4 is 5.72 Å². The minimum absolute atomic E-state index is 0.315. The number of rotatable bonds is 0. The molecule has 46 valence electrons. The summed E-state index contributed by atoms with van der Waals surface area (Å²) in [6, 6.07) is 3.57.